The van der Waals surface area contributed by atoms with Crippen molar-refractivity contribution in [2.24, 2.45) is 0 Å². The van der Waals surface area contributed by atoms with Gasteiger partial charge in [0.15, 0.2) is 0 Å². The van der Waals surface area contributed by atoms with Crippen LogP contribution in [0.2, 0.25) is 0 Å². The summed E-state index contributed by atoms with van der Waals surface area (Å²) >= 11 is 0. The van der Waals surface area contributed by atoms with E-state index in [2.05, 4.69) is 44.0 Å². The molecule has 116 valence electrons. The molecule has 1 saturated carbocycles. The smallest absolute Gasteiger partial charge is 0.108 e. The molecule has 1 aliphatic carbocycles. The molecular formula is C17H33N3. The highest BCUT2D eigenvalue weighted by Gasteiger charge is 2.41. The van der Waals surface area contributed by atoms with E-state index in [0.717, 1.165) is 12.8 Å². The predicted octanol–water partition coefficient (Wildman–Crippen LogP) is 3.70. The minimum absolute atomic E-state index is 0.282. The van der Waals surface area contributed by atoms with E-state index in [1.165, 1.54) is 45.2 Å². The van der Waals surface area contributed by atoms with E-state index in [1.54, 1.807) is 0 Å². The lowest BCUT2D eigenvalue weighted by atomic mass is 9.98. The summed E-state index contributed by atoms with van der Waals surface area (Å²) in [6.45, 7) is 11.2. The molecule has 20 heavy (non-hydrogen) atoms. The van der Waals surface area contributed by atoms with E-state index in [9.17, 15) is 5.26 Å². The Morgan fingerprint density at radius 1 is 1.25 bits per heavy atom. The zero-order valence-corrected chi connectivity index (χ0v) is 13.9. The van der Waals surface area contributed by atoms with Crippen molar-refractivity contribution < 1.29 is 0 Å². The molecule has 2 unspecified atom stereocenters. The predicted molar refractivity (Wildman–Crippen MR) is 85.6 cm³/mol. The first-order valence-corrected chi connectivity index (χ1v) is 8.50. The quantitative estimate of drug-likeness (QED) is 0.699. The largest absolute Gasteiger partial charge is 0.300 e. The first kappa shape index (κ1) is 17.5. The molecule has 3 nitrogen and oxygen atoms in total. The van der Waals surface area contributed by atoms with Crippen molar-refractivity contribution in [3.05, 3.63) is 0 Å². The van der Waals surface area contributed by atoms with Gasteiger partial charge in [0.2, 0.25) is 0 Å². The Hall–Kier alpha value is -0.590. The monoisotopic (exact) mass is 279 g/mol. The number of nitrogens with zero attached hydrogens (tertiary/aromatic N) is 2. The highest BCUT2D eigenvalue weighted by atomic mass is 15.2. The zero-order chi connectivity index (χ0) is 15.0. The molecule has 0 aromatic rings. The Balaban J connectivity index is 2.62. The summed E-state index contributed by atoms with van der Waals surface area (Å²) in [5.74, 6) is 0. The fourth-order valence-electron chi connectivity index (χ4n) is 3.35. The number of rotatable bonds is 9. The lowest BCUT2D eigenvalue weighted by molar-refractivity contribution is 0.185. The van der Waals surface area contributed by atoms with Gasteiger partial charge in [-0.3, -0.25) is 5.32 Å². The third-order valence-corrected chi connectivity index (χ3v) is 4.38. The molecule has 0 aromatic carbocycles. The van der Waals surface area contributed by atoms with Crippen molar-refractivity contribution in [1.29, 1.82) is 5.26 Å². The fourth-order valence-corrected chi connectivity index (χ4v) is 3.35. The Bertz CT molecular complexity index is 300. The second-order valence-electron chi connectivity index (χ2n) is 6.63. The van der Waals surface area contributed by atoms with E-state index in [0.29, 0.717) is 12.1 Å². The Morgan fingerprint density at radius 3 is 2.30 bits per heavy atom. The van der Waals surface area contributed by atoms with E-state index in [1.807, 2.05) is 0 Å². The van der Waals surface area contributed by atoms with Gasteiger partial charge in [0.25, 0.3) is 0 Å². The molecule has 0 radical (unpaired) electrons. The summed E-state index contributed by atoms with van der Waals surface area (Å²) in [7, 11) is 0. The van der Waals surface area contributed by atoms with Gasteiger partial charge in [-0.25, -0.2) is 0 Å². The minimum Gasteiger partial charge on any atom is -0.300 e. The molecule has 0 amide bonds. The Kier molecular flexibility index (Phi) is 7.55. The molecule has 3 heteroatoms. The van der Waals surface area contributed by atoms with Crippen LogP contribution in [0, 0.1) is 11.3 Å². The van der Waals surface area contributed by atoms with Crippen LogP contribution in [0.5, 0.6) is 0 Å². The summed E-state index contributed by atoms with van der Waals surface area (Å²) in [5, 5.41) is 13.1. The van der Waals surface area contributed by atoms with Crippen molar-refractivity contribution >= 4 is 0 Å². The number of hydrogen-bond donors (Lipinski definition) is 1. The average molecular weight is 279 g/mol. The van der Waals surface area contributed by atoms with Crippen molar-refractivity contribution in [2.75, 3.05) is 13.1 Å². The van der Waals surface area contributed by atoms with Crippen LogP contribution in [-0.2, 0) is 0 Å². The summed E-state index contributed by atoms with van der Waals surface area (Å²) in [6.07, 6.45) is 8.22. The van der Waals surface area contributed by atoms with Gasteiger partial charge in [0.1, 0.15) is 5.54 Å². The average Bonchev–Trinajstić information content (AvgIpc) is 2.83. The van der Waals surface area contributed by atoms with Gasteiger partial charge in [-0.2, -0.15) is 5.26 Å². The van der Waals surface area contributed by atoms with E-state index in [4.69, 9.17) is 0 Å². The molecule has 1 N–H and O–H groups in total. The minimum atomic E-state index is -0.282. The maximum Gasteiger partial charge on any atom is 0.108 e. The summed E-state index contributed by atoms with van der Waals surface area (Å²) < 4.78 is 0. The molecule has 1 fully saturated rings. The van der Waals surface area contributed by atoms with Gasteiger partial charge < -0.3 is 4.90 Å². The van der Waals surface area contributed by atoms with Crippen LogP contribution >= 0.6 is 0 Å². The molecule has 0 aliphatic heterocycles. The van der Waals surface area contributed by atoms with Crippen LogP contribution < -0.4 is 5.32 Å². The molecule has 1 aliphatic rings. The molecule has 0 aromatic heterocycles. The zero-order valence-electron chi connectivity index (χ0n) is 13.9. The second kappa shape index (κ2) is 8.64. The van der Waals surface area contributed by atoms with Gasteiger partial charge in [-0.05, 0) is 59.0 Å². The topological polar surface area (TPSA) is 39.1 Å². The standard InChI is InChI=1S/C17H33N3/c1-5-7-11-20(12-8-6-2)16-9-10-17(13-16,14-18)19-15(3)4/h15-16,19H,5-13H2,1-4H3. The lowest BCUT2D eigenvalue weighted by Crippen LogP contribution is -2.47. The molecule has 2 atom stereocenters. The van der Waals surface area contributed by atoms with Gasteiger partial charge in [-0.1, -0.05) is 26.7 Å². The van der Waals surface area contributed by atoms with Gasteiger partial charge in [-0.15, -0.1) is 0 Å². The summed E-state index contributed by atoms with van der Waals surface area (Å²) in [6, 6.07) is 3.55. The normalized spacial score (nSPS) is 26.4. The van der Waals surface area contributed by atoms with Crippen molar-refractivity contribution in [3.63, 3.8) is 0 Å². The van der Waals surface area contributed by atoms with Gasteiger partial charge >= 0.3 is 0 Å². The first-order chi connectivity index (χ1) is 9.56. The first-order valence-electron chi connectivity index (χ1n) is 8.50. The van der Waals surface area contributed by atoms with Crippen LogP contribution in [0.25, 0.3) is 0 Å². The Morgan fingerprint density at radius 2 is 1.85 bits per heavy atom. The number of unbranched alkanes of at least 4 members (excludes halogenated alkanes) is 2. The highest BCUT2D eigenvalue weighted by Crippen LogP contribution is 2.33. The van der Waals surface area contributed by atoms with Crippen molar-refractivity contribution in [2.45, 2.75) is 90.3 Å². The van der Waals surface area contributed by atoms with Crippen molar-refractivity contribution in [1.82, 2.24) is 10.2 Å². The third kappa shape index (κ3) is 5.07. The fraction of sp³-hybridized carbons (Fsp3) is 0.941. The Labute approximate surface area is 125 Å². The van der Waals surface area contributed by atoms with E-state index in [-0.39, 0.29) is 5.54 Å². The van der Waals surface area contributed by atoms with Crippen LogP contribution in [0.15, 0.2) is 0 Å². The SMILES string of the molecule is CCCCN(CCCC)C1CCC(C#N)(NC(C)C)C1. The number of hydrogen-bond acceptors (Lipinski definition) is 3. The third-order valence-electron chi connectivity index (χ3n) is 4.38. The molecule has 0 heterocycles. The lowest BCUT2D eigenvalue weighted by Gasteiger charge is -2.31. The number of nitrogens with one attached hydrogen (secondary N) is 1. The summed E-state index contributed by atoms with van der Waals surface area (Å²) in [4.78, 5) is 2.65. The maximum absolute atomic E-state index is 9.59. The molecule has 0 spiro atoms. The summed E-state index contributed by atoms with van der Waals surface area (Å²) in [5.41, 5.74) is -0.282. The van der Waals surface area contributed by atoms with Crippen LogP contribution in [0.3, 0.4) is 0 Å². The maximum atomic E-state index is 9.59. The molecular weight excluding hydrogens is 246 g/mol. The van der Waals surface area contributed by atoms with E-state index >= 15 is 0 Å². The van der Waals surface area contributed by atoms with Gasteiger partial charge in [0, 0.05) is 12.1 Å². The van der Waals surface area contributed by atoms with E-state index < -0.39 is 0 Å². The number of nitriles is 1. The van der Waals surface area contributed by atoms with Crippen LogP contribution in [-0.4, -0.2) is 35.6 Å². The highest BCUT2D eigenvalue weighted by molar-refractivity contribution is 5.13. The van der Waals surface area contributed by atoms with Gasteiger partial charge in [0.05, 0.1) is 6.07 Å². The molecule has 0 bridgehead atoms. The molecule has 1 rings (SSSR count). The van der Waals surface area contributed by atoms with Crippen molar-refractivity contribution in [3.8, 4) is 6.07 Å². The van der Waals surface area contributed by atoms with Crippen LogP contribution in [0.1, 0.15) is 72.6 Å². The van der Waals surface area contributed by atoms with Crippen LogP contribution in [0.4, 0.5) is 0 Å². The molecule has 0 saturated heterocycles. The second-order valence-corrected chi connectivity index (χ2v) is 6.63.